The number of anilines is 1. The summed E-state index contributed by atoms with van der Waals surface area (Å²) in [6.45, 7) is 1.44. The number of nitrogens with one attached hydrogen (secondary N) is 2. The number of carbonyl (C=O) groups is 4. The van der Waals surface area contributed by atoms with Gasteiger partial charge in [-0.2, -0.15) is 4.72 Å². The first-order chi connectivity index (χ1) is 20.9. The quantitative estimate of drug-likeness (QED) is 0.339. The Balaban J connectivity index is 1.65. The minimum atomic E-state index is -4.73. The Bertz CT molecular complexity index is 1520. The summed E-state index contributed by atoms with van der Waals surface area (Å²) in [5, 5.41) is 2.54. The SMILES string of the molecule is CCOC(=O)C1CCCN(C(=O)C(CNC(=O)c2ccc(Cl)s2)NS(=O)(=O)c2cc(F)cc(N3CCOCC3=O)c2OC)C1. The molecule has 2 N–H and O–H groups in total. The number of likely N-dealkylation sites (tertiary alicyclic amines) is 1. The Kier molecular flexibility index (Phi) is 11.2. The van der Waals surface area contributed by atoms with E-state index in [-0.39, 0.29) is 55.8 Å². The number of rotatable bonds is 11. The third-order valence-electron chi connectivity index (χ3n) is 6.98. The molecule has 0 bridgehead atoms. The summed E-state index contributed by atoms with van der Waals surface area (Å²) in [7, 11) is -3.56. The summed E-state index contributed by atoms with van der Waals surface area (Å²) in [5.74, 6) is -4.21. The average Bonchev–Trinajstić information content (AvgIpc) is 3.45. The fourth-order valence-electron chi connectivity index (χ4n) is 4.93. The standard InChI is InChI=1S/C27H32ClFN4O9S2/c1-3-42-27(37)16-5-4-8-32(14-16)26(36)18(13-30-25(35)20-6-7-22(28)43-20)31-44(38,39)21-12-17(29)11-19(24(21)40-2)33-9-10-41-15-23(33)34/h6-7,11-12,16,18,31H,3-5,8-10,13-15H2,1-2H3,(H,30,35). The Labute approximate surface area is 262 Å². The van der Waals surface area contributed by atoms with Crippen LogP contribution in [0.1, 0.15) is 29.4 Å². The minimum absolute atomic E-state index is 0.0169. The molecule has 1 aromatic heterocycles. The van der Waals surface area contributed by atoms with Gasteiger partial charge in [0.2, 0.25) is 15.9 Å². The van der Waals surface area contributed by atoms with Gasteiger partial charge in [-0.1, -0.05) is 11.6 Å². The third kappa shape index (κ3) is 7.85. The van der Waals surface area contributed by atoms with Gasteiger partial charge in [0.25, 0.3) is 11.8 Å². The molecule has 0 saturated carbocycles. The average molecular weight is 675 g/mol. The van der Waals surface area contributed by atoms with Crippen molar-refractivity contribution in [1.29, 1.82) is 0 Å². The molecule has 0 radical (unpaired) electrons. The molecule has 1 aromatic carbocycles. The molecular formula is C27H32ClFN4O9S2. The summed E-state index contributed by atoms with van der Waals surface area (Å²) in [6, 6.07) is 3.11. The highest BCUT2D eigenvalue weighted by molar-refractivity contribution is 7.89. The van der Waals surface area contributed by atoms with Crippen molar-refractivity contribution in [3.8, 4) is 5.75 Å². The highest BCUT2D eigenvalue weighted by Crippen LogP contribution is 2.37. The van der Waals surface area contributed by atoms with Gasteiger partial charge in [-0.25, -0.2) is 12.8 Å². The lowest BCUT2D eigenvalue weighted by Crippen LogP contribution is -2.56. The number of piperidine rings is 1. The van der Waals surface area contributed by atoms with Gasteiger partial charge in [-0.3, -0.25) is 19.2 Å². The fourth-order valence-corrected chi connectivity index (χ4v) is 7.28. The summed E-state index contributed by atoms with van der Waals surface area (Å²) in [5.41, 5.74) is -0.125. The van der Waals surface area contributed by atoms with Crippen LogP contribution in [0.3, 0.4) is 0 Å². The van der Waals surface area contributed by atoms with E-state index in [0.717, 1.165) is 22.3 Å². The molecule has 44 heavy (non-hydrogen) atoms. The number of methoxy groups -OCH3 is 1. The van der Waals surface area contributed by atoms with Gasteiger partial charge in [0.15, 0.2) is 5.75 Å². The van der Waals surface area contributed by atoms with Crippen LogP contribution in [0.4, 0.5) is 10.1 Å². The Morgan fingerprint density at radius 2 is 2.02 bits per heavy atom. The molecule has 13 nitrogen and oxygen atoms in total. The molecule has 240 valence electrons. The highest BCUT2D eigenvalue weighted by Gasteiger charge is 2.37. The number of hydrogen-bond donors (Lipinski definition) is 2. The monoisotopic (exact) mass is 674 g/mol. The zero-order chi connectivity index (χ0) is 32.0. The lowest BCUT2D eigenvalue weighted by atomic mass is 9.97. The molecule has 4 rings (SSSR count). The second-order valence-electron chi connectivity index (χ2n) is 9.92. The molecule has 2 aromatic rings. The number of thiophene rings is 1. The summed E-state index contributed by atoms with van der Waals surface area (Å²) in [4.78, 5) is 53.5. The number of benzene rings is 1. The predicted octanol–water partition coefficient (Wildman–Crippen LogP) is 1.79. The molecule has 0 aliphatic carbocycles. The minimum Gasteiger partial charge on any atom is -0.493 e. The van der Waals surface area contributed by atoms with E-state index in [0.29, 0.717) is 23.2 Å². The van der Waals surface area contributed by atoms with Crippen molar-refractivity contribution in [2.45, 2.75) is 30.7 Å². The van der Waals surface area contributed by atoms with Gasteiger partial charge >= 0.3 is 5.97 Å². The smallest absolute Gasteiger partial charge is 0.310 e. The van der Waals surface area contributed by atoms with E-state index in [4.69, 9.17) is 25.8 Å². The number of hydrogen-bond acceptors (Lipinski definition) is 10. The highest BCUT2D eigenvalue weighted by atomic mass is 35.5. The number of amides is 3. The topological polar surface area (TPSA) is 161 Å². The number of nitrogens with zero attached hydrogens (tertiary/aromatic N) is 2. The molecule has 2 atom stereocenters. The molecule has 2 aliphatic rings. The van der Waals surface area contributed by atoms with Crippen LogP contribution in [0.15, 0.2) is 29.2 Å². The molecule has 3 amide bonds. The van der Waals surface area contributed by atoms with E-state index in [1.165, 1.54) is 24.1 Å². The molecular weight excluding hydrogens is 643 g/mol. The van der Waals surface area contributed by atoms with Crippen molar-refractivity contribution < 1.29 is 46.2 Å². The summed E-state index contributed by atoms with van der Waals surface area (Å²) in [6.07, 6.45) is 0.946. The Morgan fingerprint density at radius 3 is 2.68 bits per heavy atom. The van der Waals surface area contributed by atoms with Crippen LogP contribution in [0.2, 0.25) is 4.34 Å². The number of morpholine rings is 1. The maximum absolute atomic E-state index is 14.9. The number of sulfonamides is 1. The first-order valence-corrected chi connectivity index (χ1v) is 16.4. The fraction of sp³-hybridized carbons (Fsp3) is 0.481. The van der Waals surface area contributed by atoms with Gasteiger partial charge in [-0.05, 0) is 38.0 Å². The number of esters is 1. The number of ether oxygens (including phenoxy) is 3. The molecule has 0 spiro atoms. The van der Waals surface area contributed by atoms with Crippen molar-refractivity contribution in [3.05, 3.63) is 39.3 Å². The van der Waals surface area contributed by atoms with E-state index in [1.54, 1.807) is 6.92 Å². The first kappa shape index (κ1) is 33.6. The molecule has 2 fully saturated rings. The first-order valence-electron chi connectivity index (χ1n) is 13.7. The third-order valence-corrected chi connectivity index (χ3v) is 9.69. The van der Waals surface area contributed by atoms with Crippen molar-refractivity contribution in [2.24, 2.45) is 5.92 Å². The van der Waals surface area contributed by atoms with Crippen molar-refractivity contribution in [1.82, 2.24) is 14.9 Å². The molecule has 17 heteroatoms. The normalized spacial score (nSPS) is 18.1. The van der Waals surface area contributed by atoms with Crippen LogP contribution in [0.25, 0.3) is 0 Å². The van der Waals surface area contributed by atoms with E-state index in [9.17, 15) is 32.0 Å². The van der Waals surface area contributed by atoms with E-state index in [2.05, 4.69) is 10.0 Å². The molecule has 2 aliphatic heterocycles. The van der Waals surface area contributed by atoms with Crippen molar-refractivity contribution >= 4 is 62.3 Å². The number of halogens is 2. The van der Waals surface area contributed by atoms with Crippen LogP contribution >= 0.6 is 22.9 Å². The van der Waals surface area contributed by atoms with Gasteiger partial charge in [0, 0.05) is 32.2 Å². The zero-order valence-corrected chi connectivity index (χ0v) is 26.4. The van der Waals surface area contributed by atoms with E-state index in [1.807, 2.05) is 0 Å². The Hall–Kier alpha value is -3.31. The summed E-state index contributed by atoms with van der Waals surface area (Å²) >= 11 is 6.92. The lowest BCUT2D eigenvalue weighted by Gasteiger charge is -2.34. The maximum Gasteiger partial charge on any atom is 0.310 e. The Morgan fingerprint density at radius 1 is 1.25 bits per heavy atom. The van der Waals surface area contributed by atoms with Gasteiger partial charge in [-0.15, -0.1) is 11.3 Å². The molecule has 2 unspecified atom stereocenters. The van der Waals surface area contributed by atoms with Crippen LogP contribution < -0.4 is 19.7 Å². The molecule has 3 heterocycles. The lowest BCUT2D eigenvalue weighted by molar-refractivity contribution is -0.151. The predicted molar refractivity (Wildman–Crippen MR) is 158 cm³/mol. The number of carbonyl (C=O) groups excluding carboxylic acids is 4. The van der Waals surface area contributed by atoms with Crippen LogP contribution in [0, 0.1) is 11.7 Å². The van der Waals surface area contributed by atoms with E-state index < -0.39 is 62.9 Å². The van der Waals surface area contributed by atoms with E-state index >= 15 is 0 Å². The van der Waals surface area contributed by atoms with Crippen molar-refractivity contribution in [2.75, 3.05) is 58.0 Å². The maximum atomic E-state index is 14.9. The van der Waals surface area contributed by atoms with Gasteiger partial charge < -0.3 is 29.3 Å². The van der Waals surface area contributed by atoms with Gasteiger partial charge in [0.1, 0.15) is 23.4 Å². The molecule has 2 saturated heterocycles. The van der Waals surface area contributed by atoms with Crippen LogP contribution in [0.5, 0.6) is 5.75 Å². The second kappa shape index (κ2) is 14.6. The van der Waals surface area contributed by atoms with Crippen molar-refractivity contribution in [3.63, 3.8) is 0 Å². The second-order valence-corrected chi connectivity index (χ2v) is 13.3. The summed E-state index contributed by atoms with van der Waals surface area (Å²) < 4.78 is 60.7. The van der Waals surface area contributed by atoms with Gasteiger partial charge in [0.05, 0.1) is 41.1 Å². The van der Waals surface area contributed by atoms with Crippen LogP contribution in [-0.2, 0) is 33.9 Å². The van der Waals surface area contributed by atoms with Crippen LogP contribution in [-0.4, -0.2) is 96.2 Å². The zero-order valence-electron chi connectivity index (χ0n) is 24.0. The largest absolute Gasteiger partial charge is 0.493 e.